The monoisotopic (exact) mass is 404 g/mol. The number of nitrogens with zero attached hydrogens (tertiary/aromatic N) is 2. The van der Waals surface area contributed by atoms with Gasteiger partial charge in [-0.3, -0.25) is 14.4 Å². The number of anilines is 1. The molecule has 1 heterocycles. The van der Waals surface area contributed by atoms with Crippen molar-refractivity contribution in [2.45, 2.75) is 58.4 Å². The van der Waals surface area contributed by atoms with E-state index in [0.717, 1.165) is 36.8 Å². The number of amides is 3. The van der Waals surface area contributed by atoms with E-state index < -0.39 is 0 Å². The molecule has 0 spiro atoms. The molecule has 156 valence electrons. The maximum Gasteiger partial charge on any atom is 0.266 e. The molecule has 0 radical (unpaired) electrons. The van der Waals surface area contributed by atoms with Gasteiger partial charge in [0.25, 0.3) is 17.7 Å². The third-order valence-electron chi connectivity index (χ3n) is 6.43. The molecule has 0 aromatic heterocycles. The number of hydrogen-bond acceptors (Lipinski definition) is 3. The van der Waals surface area contributed by atoms with E-state index in [1.54, 1.807) is 18.2 Å². The van der Waals surface area contributed by atoms with Gasteiger partial charge in [0.1, 0.15) is 0 Å². The van der Waals surface area contributed by atoms with Crippen LogP contribution in [0.5, 0.6) is 0 Å². The van der Waals surface area contributed by atoms with Gasteiger partial charge < -0.3 is 4.90 Å². The fourth-order valence-corrected chi connectivity index (χ4v) is 4.57. The third-order valence-corrected chi connectivity index (χ3v) is 6.43. The van der Waals surface area contributed by atoms with E-state index in [-0.39, 0.29) is 23.8 Å². The van der Waals surface area contributed by atoms with Crippen molar-refractivity contribution < 1.29 is 14.4 Å². The minimum Gasteiger partial charge on any atom is -0.339 e. The van der Waals surface area contributed by atoms with E-state index in [2.05, 4.69) is 0 Å². The zero-order valence-electron chi connectivity index (χ0n) is 17.9. The van der Waals surface area contributed by atoms with Crippen molar-refractivity contribution in [3.05, 3.63) is 64.2 Å². The van der Waals surface area contributed by atoms with Crippen LogP contribution in [0.1, 0.15) is 80.7 Å². The normalized spacial score (nSPS) is 17.1. The molecule has 5 nitrogen and oxygen atoms in total. The predicted molar refractivity (Wildman–Crippen MR) is 117 cm³/mol. The molecule has 3 amide bonds. The molecular weight excluding hydrogens is 376 g/mol. The summed E-state index contributed by atoms with van der Waals surface area (Å²) in [6.45, 7) is 3.82. The summed E-state index contributed by atoms with van der Waals surface area (Å²) >= 11 is 0. The fraction of sp³-hybridized carbons (Fsp3) is 0.400. The summed E-state index contributed by atoms with van der Waals surface area (Å²) in [7, 11) is 1.85. The summed E-state index contributed by atoms with van der Waals surface area (Å²) in [6, 6.07) is 10.8. The maximum absolute atomic E-state index is 13.1. The number of carbonyl (C=O) groups is 3. The van der Waals surface area contributed by atoms with Gasteiger partial charge >= 0.3 is 0 Å². The fourth-order valence-electron chi connectivity index (χ4n) is 4.57. The van der Waals surface area contributed by atoms with Gasteiger partial charge in [-0.25, -0.2) is 4.90 Å². The molecule has 30 heavy (non-hydrogen) atoms. The number of aryl methyl sites for hydroxylation is 2. The zero-order chi connectivity index (χ0) is 21.4. The lowest BCUT2D eigenvalue weighted by Gasteiger charge is -2.27. The Balaban J connectivity index is 1.63. The zero-order valence-corrected chi connectivity index (χ0v) is 17.9. The van der Waals surface area contributed by atoms with Gasteiger partial charge in [-0.15, -0.1) is 0 Å². The second-order valence-corrected chi connectivity index (χ2v) is 8.56. The number of benzene rings is 2. The number of imide groups is 1. The molecule has 2 aromatic rings. The van der Waals surface area contributed by atoms with E-state index >= 15 is 0 Å². The number of fused-ring (bicyclic) bond motifs is 1. The first-order valence-corrected chi connectivity index (χ1v) is 10.8. The molecule has 0 atom stereocenters. The topological polar surface area (TPSA) is 57.7 Å². The molecule has 0 saturated heterocycles. The average molecular weight is 405 g/mol. The Morgan fingerprint density at radius 3 is 2.27 bits per heavy atom. The largest absolute Gasteiger partial charge is 0.339 e. The lowest BCUT2D eigenvalue weighted by Crippen LogP contribution is -2.36. The van der Waals surface area contributed by atoms with Crippen LogP contribution in [-0.2, 0) is 0 Å². The van der Waals surface area contributed by atoms with E-state index in [4.69, 9.17) is 0 Å². The van der Waals surface area contributed by atoms with Crippen molar-refractivity contribution >= 4 is 23.4 Å². The Kier molecular flexibility index (Phi) is 5.46. The van der Waals surface area contributed by atoms with Crippen LogP contribution in [-0.4, -0.2) is 35.7 Å². The van der Waals surface area contributed by atoms with Crippen molar-refractivity contribution in [1.82, 2.24) is 4.90 Å². The van der Waals surface area contributed by atoms with Crippen LogP contribution in [0, 0.1) is 13.8 Å². The highest BCUT2D eigenvalue weighted by atomic mass is 16.2. The SMILES string of the molecule is Cc1ccc(C)c(N2C(=O)c3ccc(C(=O)N(C)C4CCCCCC4)cc3C2=O)c1. The van der Waals surface area contributed by atoms with Crippen molar-refractivity contribution in [3.8, 4) is 0 Å². The first-order chi connectivity index (χ1) is 14.4. The Hall–Kier alpha value is -2.95. The van der Waals surface area contributed by atoms with Crippen LogP contribution < -0.4 is 4.90 Å². The Bertz CT molecular complexity index is 1020. The first kappa shape index (κ1) is 20.3. The molecular formula is C25H28N2O3. The van der Waals surface area contributed by atoms with Gasteiger partial charge in [-0.2, -0.15) is 0 Å². The van der Waals surface area contributed by atoms with E-state index in [1.807, 2.05) is 44.0 Å². The summed E-state index contributed by atoms with van der Waals surface area (Å²) in [4.78, 5) is 42.3. The van der Waals surface area contributed by atoms with Gasteiger partial charge in [0.05, 0.1) is 16.8 Å². The third kappa shape index (κ3) is 3.53. The highest BCUT2D eigenvalue weighted by Crippen LogP contribution is 2.32. The van der Waals surface area contributed by atoms with E-state index in [9.17, 15) is 14.4 Å². The summed E-state index contributed by atoms with van der Waals surface area (Å²) in [5, 5.41) is 0. The number of hydrogen-bond donors (Lipinski definition) is 0. The van der Waals surface area contributed by atoms with Crippen LogP contribution in [0.2, 0.25) is 0 Å². The lowest BCUT2D eigenvalue weighted by molar-refractivity contribution is 0.0717. The average Bonchev–Trinajstić information content (AvgIpc) is 2.92. The van der Waals surface area contributed by atoms with Crippen LogP contribution in [0.25, 0.3) is 0 Å². The van der Waals surface area contributed by atoms with Crippen molar-refractivity contribution in [3.63, 3.8) is 0 Å². The van der Waals surface area contributed by atoms with Crippen molar-refractivity contribution in [2.24, 2.45) is 0 Å². The summed E-state index contributed by atoms with van der Waals surface area (Å²) < 4.78 is 0. The minimum atomic E-state index is -0.365. The van der Waals surface area contributed by atoms with Gasteiger partial charge in [0.15, 0.2) is 0 Å². The Morgan fingerprint density at radius 2 is 1.57 bits per heavy atom. The van der Waals surface area contributed by atoms with Crippen molar-refractivity contribution in [2.75, 3.05) is 11.9 Å². The molecule has 0 unspecified atom stereocenters. The summed E-state index contributed by atoms with van der Waals surface area (Å²) in [6.07, 6.45) is 6.77. The molecule has 0 N–H and O–H groups in total. The van der Waals surface area contributed by atoms with Gasteiger partial charge in [0, 0.05) is 18.7 Å². The molecule has 1 fully saturated rings. The molecule has 2 aliphatic rings. The van der Waals surface area contributed by atoms with Gasteiger partial charge in [0.2, 0.25) is 0 Å². The lowest BCUT2D eigenvalue weighted by atomic mass is 10.0. The molecule has 4 rings (SSSR count). The molecule has 0 bridgehead atoms. The van der Waals surface area contributed by atoms with Crippen LogP contribution in [0.3, 0.4) is 0 Å². The smallest absolute Gasteiger partial charge is 0.266 e. The quantitative estimate of drug-likeness (QED) is 0.540. The first-order valence-electron chi connectivity index (χ1n) is 10.8. The van der Waals surface area contributed by atoms with E-state index in [1.165, 1.54) is 17.7 Å². The molecule has 1 aliphatic heterocycles. The number of carbonyl (C=O) groups excluding carboxylic acids is 3. The van der Waals surface area contributed by atoms with Crippen LogP contribution in [0.15, 0.2) is 36.4 Å². The van der Waals surface area contributed by atoms with E-state index in [0.29, 0.717) is 22.4 Å². The molecule has 1 saturated carbocycles. The predicted octanol–water partition coefficient (Wildman–Crippen LogP) is 4.90. The van der Waals surface area contributed by atoms with Crippen LogP contribution in [0.4, 0.5) is 5.69 Å². The minimum absolute atomic E-state index is 0.0878. The summed E-state index contributed by atoms with van der Waals surface area (Å²) in [5.74, 6) is -0.787. The number of rotatable bonds is 3. The summed E-state index contributed by atoms with van der Waals surface area (Å²) in [5.41, 5.74) is 3.57. The highest BCUT2D eigenvalue weighted by Gasteiger charge is 2.38. The van der Waals surface area contributed by atoms with Crippen LogP contribution >= 0.6 is 0 Å². The Morgan fingerprint density at radius 1 is 0.900 bits per heavy atom. The Labute approximate surface area is 177 Å². The molecule has 2 aromatic carbocycles. The van der Waals surface area contributed by atoms with Gasteiger partial charge in [-0.1, -0.05) is 37.8 Å². The maximum atomic E-state index is 13.1. The highest BCUT2D eigenvalue weighted by molar-refractivity contribution is 6.35. The second kappa shape index (κ2) is 8.05. The standard InChI is InChI=1S/C25H28N2O3/c1-16-10-11-17(2)22(14-16)27-24(29)20-13-12-18(15-21(20)25(27)30)23(28)26(3)19-8-6-4-5-7-9-19/h10-15,19H,4-9H2,1-3H3. The molecule has 1 aliphatic carbocycles. The van der Waals surface area contributed by atoms with Crippen molar-refractivity contribution in [1.29, 1.82) is 0 Å². The molecule has 5 heteroatoms. The van der Waals surface area contributed by atoms with Gasteiger partial charge in [-0.05, 0) is 62.1 Å². The second-order valence-electron chi connectivity index (χ2n) is 8.56.